The Labute approximate surface area is 151 Å². The van der Waals surface area contributed by atoms with Crippen LogP contribution < -0.4 is 9.80 Å². The van der Waals surface area contributed by atoms with Crippen LogP contribution in [0.2, 0.25) is 5.02 Å². The molecule has 126 valence electrons. The first-order valence-electron chi connectivity index (χ1n) is 8.37. The molecule has 2 aliphatic rings. The second kappa shape index (κ2) is 6.38. The van der Waals surface area contributed by atoms with E-state index in [1.165, 1.54) is 11.8 Å². The van der Waals surface area contributed by atoms with Gasteiger partial charge in [0.25, 0.3) is 0 Å². The van der Waals surface area contributed by atoms with Crippen LogP contribution >= 0.6 is 11.6 Å². The number of fused-ring (bicyclic) bond motifs is 1. The van der Waals surface area contributed by atoms with Crippen molar-refractivity contribution in [3.05, 3.63) is 52.7 Å². The van der Waals surface area contributed by atoms with Crippen molar-refractivity contribution in [2.24, 2.45) is 5.92 Å². The van der Waals surface area contributed by atoms with Crippen LogP contribution in [0.15, 0.2) is 36.5 Å². The third kappa shape index (κ3) is 2.83. The quantitative estimate of drug-likeness (QED) is 0.833. The minimum Gasteiger partial charge on any atom is -0.355 e. The standard InChI is InChI=1S/C19H17ClN4O/c20-16-9-13(10-21)11-22-18(16)23-7-5-15(12-23)19(25)24-8-6-14-3-1-2-4-17(14)24/h1-4,9,11,15H,5-8,12H2. The highest BCUT2D eigenvalue weighted by Crippen LogP contribution is 2.33. The molecule has 0 radical (unpaired) electrons. The van der Waals surface area contributed by atoms with Gasteiger partial charge in [-0.15, -0.1) is 0 Å². The first-order chi connectivity index (χ1) is 12.2. The van der Waals surface area contributed by atoms with Gasteiger partial charge >= 0.3 is 0 Å². The molecule has 2 aliphatic heterocycles. The zero-order chi connectivity index (χ0) is 17.4. The summed E-state index contributed by atoms with van der Waals surface area (Å²) in [5.41, 5.74) is 2.72. The summed E-state index contributed by atoms with van der Waals surface area (Å²) in [7, 11) is 0. The third-order valence-corrected chi connectivity index (χ3v) is 5.22. The predicted molar refractivity (Wildman–Crippen MR) is 96.8 cm³/mol. The molecule has 6 heteroatoms. The highest BCUT2D eigenvalue weighted by atomic mass is 35.5. The van der Waals surface area contributed by atoms with Gasteiger partial charge in [0, 0.05) is 31.5 Å². The Morgan fingerprint density at radius 1 is 1.32 bits per heavy atom. The van der Waals surface area contributed by atoms with Crippen LogP contribution in [0.3, 0.4) is 0 Å². The summed E-state index contributed by atoms with van der Waals surface area (Å²) < 4.78 is 0. The van der Waals surface area contributed by atoms with E-state index in [1.54, 1.807) is 6.07 Å². The third-order valence-electron chi connectivity index (χ3n) is 4.94. The molecule has 4 rings (SSSR count). The van der Waals surface area contributed by atoms with Crippen LogP contribution in [0, 0.1) is 17.2 Å². The van der Waals surface area contributed by atoms with Crippen molar-refractivity contribution in [2.75, 3.05) is 29.4 Å². The van der Waals surface area contributed by atoms with Crippen LogP contribution in [0.25, 0.3) is 0 Å². The minimum absolute atomic E-state index is 0.0559. The molecule has 0 saturated carbocycles. The molecule has 0 N–H and O–H groups in total. The van der Waals surface area contributed by atoms with Gasteiger partial charge < -0.3 is 9.80 Å². The van der Waals surface area contributed by atoms with Gasteiger partial charge in [0.1, 0.15) is 11.9 Å². The molecule has 1 aromatic heterocycles. The number of amides is 1. The van der Waals surface area contributed by atoms with Crippen molar-refractivity contribution in [3.63, 3.8) is 0 Å². The first kappa shape index (κ1) is 15.9. The lowest BCUT2D eigenvalue weighted by Gasteiger charge is -2.22. The van der Waals surface area contributed by atoms with Gasteiger partial charge in [-0.3, -0.25) is 4.79 Å². The van der Waals surface area contributed by atoms with E-state index in [0.29, 0.717) is 22.9 Å². The number of rotatable bonds is 2. The van der Waals surface area contributed by atoms with Crippen molar-refractivity contribution >= 4 is 29.0 Å². The minimum atomic E-state index is -0.0559. The topological polar surface area (TPSA) is 60.2 Å². The van der Waals surface area contributed by atoms with Crippen molar-refractivity contribution in [3.8, 4) is 6.07 Å². The number of benzene rings is 1. The number of aromatic nitrogens is 1. The smallest absolute Gasteiger partial charge is 0.231 e. The van der Waals surface area contributed by atoms with Crippen LogP contribution in [0.1, 0.15) is 17.5 Å². The van der Waals surface area contributed by atoms with Gasteiger partial charge in [-0.2, -0.15) is 5.26 Å². The number of halogens is 1. The zero-order valence-corrected chi connectivity index (χ0v) is 14.4. The molecule has 0 bridgehead atoms. The maximum atomic E-state index is 13.0. The first-order valence-corrected chi connectivity index (χ1v) is 8.75. The summed E-state index contributed by atoms with van der Waals surface area (Å²) in [4.78, 5) is 21.2. The number of para-hydroxylation sites is 1. The number of nitriles is 1. The number of carbonyl (C=O) groups excluding carboxylic acids is 1. The lowest BCUT2D eigenvalue weighted by Crippen LogP contribution is -2.36. The van der Waals surface area contributed by atoms with E-state index in [0.717, 1.165) is 31.6 Å². The normalized spacial score (nSPS) is 19.0. The SMILES string of the molecule is N#Cc1cnc(N2CCC(C(=O)N3CCc4ccccc43)C2)c(Cl)c1. The molecule has 2 aromatic rings. The molecule has 1 aromatic carbocycles. The fourth-order valence-electron chi connectivity index (χ4n) is 3.67. The molecule has 5 nitrogen and oxygen atoms in total. The molecule has 1 atom stereocenters. The molecule has 25 heavy (non-hydrogen) atoms. The Bertz CT molecular complexity index is 876. The van der Waals surface area contributed by atoms with E-state index in [9.17, 15) is 4.79 Å². The number of anilines is 2. The van der Waals surface area contributed by atoms with Gasteiger partial charge in [0.15, 0.2) is 0 Å². The molecule has 1 saturated heterocycles. The molecule has 0 aliphatic carbocycles. The van der Waals surface area contributed by atoms with Crippen molar-refractivity contribution in [1.82, 2.24) is 4.98 Å². The van der Waals surface area contributed by atoms with Crippen LogP contribution in [0.4, 0.5) is 11.5 Å². The largest absolute Gasteiger partial charge is 0.355 e. The summed E-state index contributed by atoms with van der Waals surface area (Å²) in [5, 5.41) is 9.38. The van der Waals surface area contributed by atoms with Crippen molar-refractivity contribution in [2.45, 2.75) is 12.8 Å². The molecule has 1 fully saturated rings. The lowest BCUT2D eigenvalue weighted by atomic mass is 10.1. The highest BCUT2D eigenvalue weighted by molar-refractivity contribution is 6.33. The molecular formula is C19H17ClN4O. The van der Waals surface area contributed by atoms with E-state index < -0.39 is 0 Å². The van der Waals surface area contributed by atoms with Gasteiger partial charge in [0.2, 0.25) is 5.91 Å². The molecule has 1 amide bonds. The second-order valence-corrected chi connectivity index (χ2v) is 6.85. The van der Waals surface area contributed by atoms with Crippen LogP contribution in [-0.4, -0.2) is 30.5 Å². The van der Waals surface area contributed by atoms with Crippen molar-refractivity contribution < 1.29 is 4.79 Å². The Kier molecular flexibility index (Phi) is 4.06. The summed E-state index contributed by atoms with van der Waals surface area (Å²) in [5.74, 6) is 0.773. The zero-order valence-electron chi connectivity index (χ0n) is 13.7. The average Bonchev–Trinajstić information content (AvgIpc) is 3.28. The lowest BCUT2D eigenvalue weighted by molar-refractivity contribution is -0.121. The van der Waals surface area contributed by atoms with Gasteiger partial charge in [-0.1, -0.05) is 29.8 Å². The number of pyridine rings is 1. The van der Waals surface area contributed by atoms with E-state index in [1.807, 2.05) is 34.1 Å². The van der Waals surface area contributed by atoms with E-state index in [4.69, 9.17) is 16.9 Å². The second-order valence-electron chi connectivity index (χ2n) is 6.44. The maximum Gasteiger partial charge on any atom is 0.231 e. The molecule has 3 heterocycles. The molecular weight excluding hydrogens is 336 g/mol. The molecule has 0 spiro atoms. The Balaban J connectivity index is 1.50. The number of hydrogen-bond acceptors (Lipinski definition) is 4. The van der Waals surface area contributed by atoms with E-state index >= 15 is 0 Å². The molecule has 1 unspecified atom stereocenters. The van der Waals surface area contributed by atoms with Crippen LogP contribution in [0.5, 0.6) is 0 Å². The van der Waals surface area contributed by atoms with Crippen molar-refractivity contribution in [1.29, 1.82) is 5.26 Å². The maximum absolute atomic E-state index is 13.0. The number of nitrogens with zero attached hydrogens (tertiary/aromatic N) is 4. The summed E-state index contributed by atoms with van der Waals surface area (Å²) >= 11 is 6.26. The van der Waals surface area contributed by atoms with E-state index in [-0.39, 0.29) is 11.8 Å². The number of hydrogen-bond donors (Lipinski definition) is 0. The Morgan fingerprint density at radius 3 is 2.96 bits per heavy atom. The fraction of sp³-hybridized carbons (Fsp3) is 0.316. The average molecular weight is 353 g/mol. The Hall–Kier alpha value is -2.58. The van der Waals surface area contributed by atoms with Gasteiger partial charge in [-0.05, 0) is 30.5 Å². The highest BCUT2D eigenvalue weighted by Gasteiger charge is 2.35. The summed E-state index contributed by atoms with van der Waals surface area (Å²) in [6.07, 6.45) is 3.23. The van der Waals surface area contributed by atoms with Gasteiger partial charge in [-0.25, -0.2) is 4.98 Å². The Morgan fingerprint density at radius 2 is 2.16 bits per heavy atom. The number of carbonyl (C=O) groups is 1. The summed E-state index contributed by atoms with van der Waals surface area (Å²) in [6.45, 7) is 2.10. The predicted octanol–water partition coefficient (Wildman–Crippen LogP) is 3.02. The summed E-state index contributed by atoms with van der Waals surface area (Å²) in [6, 6.07) is 11.8. The van der Waals surface area contributed by atoms with E-state index in [2.05, 4.69) is 11.1 Å². The van der Waals surface area contributed by atoms with Gasteiger partial charge in [0.05, 0.1) is 16.5 Å². The fourth-order valence-corrected chi connectivity index (χ4v) is 3.95. The monoisotopic (exact) mass is 352 g/mol. The van der Waals surface area contributed by atoms with Crippen LogP contribution in [-0.2, 0) is 11.2 Å².